The third-order valence-corrected chi connectivity index (χ3v) is 4.20. The fourth-order valence-electron chi connectivity index (χ4n) is 2.06. The van der Waals surface area contributed by atoms with E-state index in [0.29, 0.717) is 17.8 Å². The van der Waals surface area contributed by atoms with Crippen molar-refractivity contribution in [3.05, 3.63) is 28.8 Å². The molecule has 4 rings (SSSR count). The SMILES string of the molecule is c1cc2c(cc1COc1nnc(CNC3CC3)s1)OCO2. The molecule has 0 saturated heterocycles. The van der Waals surface area contributed by atoms with Gasteiger partial charge in [-0.1, -0.05) is 22.5 Å². The molecule has 1 aromatic carbocycles. The number of hydrogen-bond acceptors (Lipinski definition) is 7. The van der Waals surface area contributed by atoms with E-state index in [-0.39, 0.29) is 6.79 Å². The number of hydrogen-bond donors (Lipinski definition) is 1. The molecule has 1 aliphatic heterocycles. The molecule has 0 spiro atoms. The minimum atomic E-state index is 0.285. The summed E-state index contributed by atoms with van der Waals surface area (Å²) < 4.78 is 16.3. The molecule has 6 nitrogen and oxygen atoms in total. The second-order valence-electron chi connectivity index (χ2n) is 5.09. The highest BCUT2D eigenvalue weighted by atomic mass is 32.1. The van der Waals surface area contributed by atoms with E-state index in [0.717, 1.165) is 28.6 Å². The van der Waals surface area contributed by atoms with Gasteiger partial charge in [-0.05, 0) is 30.5 Å². The minimum absolute atomic E-state index is 0.285. The maximum atomic E-state index is 5.68. The van der Waals surface area contributed by atoms with Gasteiger partial charge in [-0.15, -0.1) is 5.10 Å². The Balaban J connectivity index is 1.33. The first kappa shape index (κ1) is 12.8. The van der Waals surface area contributed by atoms with Gasteiger partial charge in [-0.3, -0.25) is 0 Å². The number of fused-ring (bicyclic) bond motifs is 1. The smallest absolute Gasteiger partial charge is 0.294 e. The van der Waals surface area contributed by atoms with Crippen molar-refractivity contribution >= 4 is 11.3 Å². The van der Waals surface area contributed by atoms with Crippen LogP contribution in [-0.4, -0.2) is 23.0 Å². The van der Waals surface area contributed by atoms with Crippen molar-refractivity contribution in [2.75, 3.05) is 6.79 Å². The summed E-state index contributed by atoms with van der Waals surface area (Å²) in [6.45, 7) is 1.50. The summed E-state index contributed by atoms with van der Waals surface area (Å²) in [5.74, 6) is 1.55. The lowest BCUT2D eigenvalue weighted by Crippen LogP contribution is -2.14. The monoisotopic (exact) mass is 305 g/mol. The Morgan fingerprint density at radius 1 is 1.24 bits per heavy atom. The summed E-state index contributed by atoms with van der Waals surface area (Å²) in [5.41, 5.74) is 1.02. The van der Waals surface area contributed by atoms with Crippen LogP contribution in [0.3, 0.4) is 0 Å². The van der Waals surface area contributed by atoms with Gasteiger partial charge in [0.15, 0.2) is 11.5 Å². The normalized spacial score (nSPS) is 16.2. The van der Waals surface area contributed by atoms with Gasteiger partial charge in [0, 0.05) is 6.04 Å². The van der Waals surface area contributed by atoms with Crippen LogP contribution in [0, 0.1) is 0 Å². The molecule has 110 valence electrons. The number of rotatable bonds is 6. The molecule has 2 aromatic rings. The van der Waals surface area contributed by atoms with Crippen LogP contribution in [0.2, 0.25) is 0 Å². The van der Waals surface area contributed by atoms with Crippen LogP contribution in [0.1, 0.15) is 23.4 Å². The molecule has 0 amide bonds. The van der Waals surface area contributed by atoms with E-state index >= 15 is 0 Å². The van der Waals surface area contributed by atoms with Crippen molar-refractivity contribution in [1.82, 2.24) is 15.5 Å². The maximum absolute atomic E-state index is 5.68. The molecule has 0 atom stereocenters. The molecular formula is C14H15N3O3S. The first-order valence-electron chi connectivity index (χ1n) is 6.94. The molecule has 1 saturated carbocycles. The molecule has 0 unspecified atom stereocenters. The van der Waals surface area contributed by atoms with Crippen LogP contribution in [0.15, 0.2) is 18.2 Å². The molecule has 2 aliphatic rings. The van der Waals surface area contributed by atoms with E-state index in [1.54, 1.807) is 0 Å². The highest BCUT2D eigenvalue weighted by molar-refractivity contribution is 7.13. The summed E-state index contributed by atoms with van der Waals surface area (Å²) in [5, 5.41) is 13.1. The number of nitrogens with zero attached hydrogens (tertiary/aromatic N) is 2. The standard InChI is InChI=1S/C14H15N3O3S/c1-4-11-12(20-8-19-11)5-9(1)7-18-14-17-16-13(21-14)6-15-10-2-3-10/h1,4-5,10,15H,2-3,6-8H2. The average molecular weight is 305 g/mol. The maximum Gasteiger partial charge on any atom is 0.294 e. The molecule has 1 N–H and O–H groups in total. The van der Waals surface area contributed by atoms with Gasteiger partial charge < -0.3 is 19.5 Å². The second-order valence-corrected chi connectivity index (χ2v) is 6.12. The van der Waals surface area contributed by atoms with Crippen molar-refractivity contribution in [2.24, 2.45) is 0 Å². The molecule has 0 radical (unpaired) electrons. The highest BCUT2D eigenvalue weighted by Crippen LogP contribution is 2.33. The van der Waals surface area contributed by atoms with E-state index in [9.17, 15) is 0 Å². The molecule has 21 heavy (non-hydrogen) atoms. The van der Waals surface area contributed by atoms with E-state index < -0.39 is 0 Å². The summed E-state index contributed by atoms with van der Waals surface area (Å²) in [6, 6.07) is 6.46. The lowest BCUT2D eigenvalue weighted by Gasteiger charge is -2.03. The summed E-state index contributed by atoms with van der Waals surface area (Å²) >= 11 is 1.48. The van der Waals surface area contributed by atoms with Gasteiger partial charge >= 0.3 is 0 Å². The molecule has 1 fully saturated rings. The lowest BCUT2D eigenvalue weighted by atomic mass is 10.2. The minimum Gasteiger partial charge on any atom is -0.464 e. The van der Waals surface area contributed by atoms with E-state index in [1.807, 2.05) is 18.2 Å². The zero-order valence-corrected chi connectivity index (χ0v) is 12.2. The first-order chi connectivity index (χ1) is 10.4. The van der Waals surface area contributed by atoms with Gasteiger partial charge in [0.1, 0.15) is 11.6 Å². The topological polar surface area (TPSA) is 65.5 Å². The van der Waals surface area contributed by atoms with Crippen LogP contribution in [0.25, 0.3) is 0 Å². The van der Waals surface area contributed by atoms with Crippen LogP contribution >= 0.6 is 11.3 Å². The third-order valence-electron chi connectivity index (χ3n) is 3.37. The largest absolute Gasteiger partial charge is 0.464 e. The van der Waals surface area contributed by atoms with Gasteiger partial charge in [0.2, 0.25) is 6.79 Å². The molecule has 1 aromatic heterocycles. The van der Waals surface area contributed by atoms with Gasteiger partial charge in [-0.25, -0.2) is 0 Å². The highest BCUT2D eigenvalue weighted by Gasteiger charge is 2.20. The number of benzene rings is 1. The van der Waals surface area contributed by atoms with Crippen molar-refractivity contribution in [1.29, 1.82) is 0 Å². The molecule has 2 heterocycles. The van der Waals surface area contributed by atoms with Crippen LogP contribution in [-0.2, 0) is 13.2 Å². The zero-order valence-electron chi connectivity index (χ0n) is 11.4. The fourth-order valence-corrected chi connectivity index (χ4v) is 2.70. The Morgan fingerprint density at radius 2 is 2.14 bits per heavy atom. The predicted molar refractivity (Wildman–Crippen MR) is 76.7 cm³/mol. The van der Waals surface area contributed by atoms with E-state index in [1.165, 1.54) is 24.2 Å². The van der Waals surface area contributed by atoms with Crippen molar-refractivity contribution in [3.63, 3.8) is 0 Å². The fraction of sp³-hybridized carbons (Fsp3) is 0.429. The quantitative estimate of drug-likeness (QED) is 0.881. The Labute approximate surface area is 126 Å². The van der Waals surface area contributed by atoms with Crippen LogP contribution in [0.4, 0.5) is 0 Å². The third kappa shape index (κ3) is 3.08. The molecule has 0 bridgehead atoms. The average Bonchev–Trinajstić information content (AvgIpc) is 3.04. The zero-order chi connectivity index (χ0) is 14.1. The summed E-state index contributed by atoms with van der Waals surface area (Å²) in [6.07, 6.45) is 2.54. The molecule has 7 heteroatoms. The summed E-state index contributed by atoms with van der Waals surface area (Å²) in [4.78, 5) is 0. The number of ether oxygens (including phenoxy) is 3. The van der Waals surface area contributed by atoms with Gasteiger partial charge in [-0.2, -0.15) is 0 Å². The van der Waals surface area contributed by atoms with Gasteiger partial charge in [0.05, 0.1) is 6.54 Å². The van der Waals surface area contributed by atoms with Crippen molar-refractivity contribution in [3.8, 4) is 16.7 Å². The lowest BCUT2D eigenvalue weighted by molar-refractivity contribution is 0.174. The first-order valence-corrected chi connectivity index (χ1v) is 7.75. The Kier molecular flexibility index (Phi) is 3.36. The second kappa shape index (κ2) is 5.50. The Hall–Kier alpha value is -1.86. The van der Waals surface area contributed by atoms with Crippen LogP contribution in [0.5, 0.6) is 16.7 Å². The van der Waals surface area contributed by atoms with Crippen LogP contribution < -0.4 is 19.5 Å². The number of nitrogens with one attached hydrogen (secondary N) is 1. The predicted octanol–water partition coefficient (Wildman–Crippen LogP) is 2.10. The van der Waals surface area contributed by atoms with Crippen molar-refractivity contribution in [2.45, 2.75) is 32.0 Å². The van der Waals surface area contributed by atoms with E-state index in [4.69, 9.17) is 14.2 Å². The van der Waals surface area contributed by atoms with Gasteiger partial charge in [0.25, 0.3) is 5.19 Å². The molecular weight excluding hydrogens is 290 g/mol. The van der Waals surface area contributed by atoms with E-state index in [2.05, 4.69) is 15.5 Å². The Morgan fingerprint density at radius 3 is 3.05 bits per heavy atom. The summed E-state index contributed by atoms with van der Waals surface area (Å²) in [7, 11) is 0. The molecule has 1 aliphatic carbocycles. The Bertz CT molecular complexity index is 642. The van der Waals surface area contributed by atoms with Crippen molar-refractivity contribution < 1.29 is 14.2 Å². The number of aromatic nitrogens is 2.